The summed E-state index contributed by atoms with van der Waals surface area (Å²) < 4.78 is 14.8. The number of fused-ring (bicyclic) bond motifs is 1. The first kappa shape index (κ1) is 20.2. The molecule has 1 atom stereocenters. The summed E-state index contributed by atoms with van der Waals surface area (Å²) >= 11 is 0. The van der Waals surface area contributed by atoms with Crippen LogP contribution in [-0.4, -0.2) is 53.9 Å². The number of benzene rings is 1. The largest absolute Gasteiger partial charge is 0.369 e. The first-order chi connectivity index (χ1) is 14.4. The fraction of sp³-hybridized carbons (Fsp3) is 0.476. The van der Waals surface area contributed by atoms with Crippen LogP contribution in [0.4, 0.5) is 10.1 Å². The molecule has 2 fully saturated rings. The average molecular weight is 415 g/mol. The van der Waals surface area contributed by atoms with Crippen molar-refractivity contribution in [3.63, 3.8) is 0 Å². The summed E-state index contributed by atoms with van der Waals surface area (Å²) in [4.78, 5) is 62.4. The van der Waals surface area contributed by atoms with Gasteiger partial charge in [0.25, 0.3) is 11.8 Å². The van der Waals surface area contributed by atoms with E-state index in [2.05, 4.69) is 5.32 Å². The number of piperidine rings is 2. The molecule has 3 heterocycles. The molecule has 1 aromatic rings. The summed E-state index contributed by atoms with van der Waals surface area (Å²) in [6, 6.07) is 1.38. The highest BCUT2D eigenvalue weighted by Crippen LogP contribution is 2.34. The molecular formula is C21H22FN3O5. The van der Waals surface area contributed by atoms with Gasteiger partial charge in [0.15, 0.2) is 0 Å². The van der Waals surface area contributed by atoms with Crippen LogP contribution in [0.1, 0.15) is 59.2 Å². The van der Waals surface area contributed by atoms with Gasteiger partial charge in [-0.05, 0) is 43.7 Å². The van der Waals surface area contributed by atoms with Crippen molar-refractivity contribution in [2.45, 2.75) is 44.6 Å². The van der Waals surface area contributed by atoms with Gasteiger partial charge in [0.2, 0.25) is 11.8 Å². The number of hydrogen-bond donors (Lipinski definition) is 1. The normalized spacial score (nSPS) is 22.4. The number of amides is 4. The van der Waals surface area contributed by atoms with Gasteiger partial charge in [0.1, 0.15) is 18.1 Å². The molecule has 0 aromatic heterocycles. The van der Waals surface area contributed by atoms with E-state index in [1.165, 1.54) is 6.07 Å². The Balaban J connectivity index is 1.55. The minimum atomic E-state index is -1.07. The Bertz CT molecular complexity index is 939. The summed E-state index contributed by atoms with van der Waals surface area (Å²) in [7, 11) is 0. The van der Waals surface area contributed by atoms with Crippen molar-refractivity contribution < 1.29 is 28.4 Å². The van der Waals surface area contributed by atoms with Crippen molar-refractivity contribution in [3.05, 3.63) is 29.1 Å². The van der Waals surface area contributed by atoms with Crippen LogP contribution in [0.25, 0.3) is 0 Å². The molecule has 158 valence electrons. The number of nitrogens with one attached hydrogen (secondary N) is 1. The first-order valence-corrected chi connectivity index (χ1v) is 10.1. The number of rotatable bonds is 5. The molecule has 3 aliphatic rings. The van der Waals surface area contributed by atoms with Crippen LogP contribution >= 0.6 is 0 Å². The van der Waals surface area contributed by atoms with Crippen LogP contribution in [-0.2, 0) is 14.4 Å². The fourth-order valence-corrected chi connectivity index (χ4v) is 4.49. The van der Waals surface area contributed by atoms with Gasteiger partial charge >= 0.3 is 0 Å². The summed E-state index contributed by atoms with van der Waals surface area (Å²) in [5, 5.41) is 2.14. The van der Waals surface area contributed by atoms with Gasteiger partial charge in [-0.3, -0.25) is 29.4 Å². The number of carbonyl (C=O) groups excluding carboxylic acids is 5. The second-order valence-electron chi connectivity index (χ2n) is 7.97. The molecule has 1 aromatic carbocycles. The highest BCUT2D eigenvalue weighted by atomic mass is 19.1. The SMILES string of the molecule is O=CCCC1CCN(c2cc3c(cc2F)C(=O)N(C2CCC(=O)NC2=O)C3=O)CC1. The average Bonchev–Trinajstić information content (AvgIpc) is 2.96. The zero-order chi connectivity index (χ0) is 21.4. The number of halogens is 1. The zero-order valence-corrected chi connectivity index (χ0v) is 16.4. The third-order valence-corrected chi connectivity index (χ3v) is 6.16. The van der Waals surface area contributed by atoms with Gasteiger partial charge in [-0.25, -0.2) is 4.39 Å². The van der Waals surface area contributed by atoms with Crippen LogP contribution < -0.4 is 10.2 Å². The molecule has 4 rings (SSSR count). The monoisotopic (exact) mass is 415 g/mol. The van der Waals surface area contributed by atoms with Crippen molar-refractivity contribution in [1.29, 1.82) is 0 Å². The summed E-state index contributed by atoms with van der Waals surface area (Å²) in [6.45, 7) is 1.19. The molecule has 2 saturated heterocycles. The molecule has 30 heavy (non-hydrogen) atoms. The minimum absolute atomic E-state index is 0.0302. The van der Waals surface area contributed by atoms with Gasteiger partial charge in [-0.2, -0.15) is 0 Å². The van der Waals surface area contributed by atoms with E-state index in [0.717, 1.165) is 36.5 Å². The maximum atomic E-state index is 14.8. The Morgan fingerprint density at radius 3 is 2.33 bits per heavy atom. The Hall–Kier alpha value is -3.10. The summed E-state index contributed by atoms with van der Waals surface area (Å²) in [6.07, 6.45) is 3.97. The lowest BCUT2D eigenvalue weighted by atomic mass is 9.92. The molecule has 1 N–H and O–H groups in total. The molecule has 0 radical (unpaired) electrons. The predicted molar refractivity (Wildman–Crippen MR) is 103 cm³/mol. The van der Waals surface area contributed by atoms with Crippen molar-refractivity contribution in [1.82, 2.24) is 10.2 Å². The Labute approximate surface area is 172 Å². The number of anilines is 1. The molecule has 1 unspecified atom stereocenters. The number of imide groups is 2. The summed E-state index contributed by atoms with van der Waals surface area (Å²) in [5.41, 5.74) is 0.268. The van der Waals surface area contributed by atoms with E-state index in [4.69, 9.17) is 0 Å². The van der Waals surface area contributed by atoms with E-state index < -0.39 is 35.5 Å². The second-order valence-corrected chi connectivity index (χ2v) is 7.97. The third kappa shape index (κ3) is 3.48. The second kappa shape index (κ2) is 7.97. The third-order valence-electron chi connectivity index (χ3n) is 6.16. The molecule has 0 aliphatic carbocycles. The summed E-state index contributed by atoms with van der Waals surface area (Å²) in [5.74, 6) is -2.69. The van der Waals surface area contributed by atoms with Gasteiger partial charge < -0.3 is 9.69 Å². The molecule has 8 nitrogen and oxygen atoms in total. The molecule has 0 saturated carbocycles. The van der Waals surface area contributed by atoms with E-state index >= 15 is 0 Å². The fourth-order valence-electron chi connectivity index (χ4n) is 4.49. The maximum Gasteiger partial charge on any atom is 0.262 e. The van der Waals surface area contributed by atoms with Crippen molar-refractivity contribution in [2.24, 2.45) is 5.92 Å². The Morgan fingerprint density at radius 1 is 1.03 bits per heavy atom. The van der Waals surface area contributed by atoms with Crippen LogP contribution in [0.2, 0.25) is 0 Å². The van der Waals surface area contributed by atoms with Gasteiger partial charge in [0.05, 0.1) is 16.8 Å². The van der Waals surface area contributed by atoms with Gasteiger partial charge in [-0.15, -0.1) is 0 Å². The van der Waals surface area contributed by atoms with E-state index in [0.29, 0.717) is 25.4 Å². The Kier molecular flexibility index (Phi) is 5.36. The number of hydrogen-bond acceptors (Lipinski definition) is 6. The van der Waals surface area contributed by atoms with Crippen LogP contribution in [0.3, 0.4) is 0 Å². The quantitative estimate of drug-likeness (QED) is 0.576. The van der Waals surface area contributed by atoms with Gasteiger partial charge in [0, 0.05) is 25.9 Å². The van der Waals surface area contributed by atoms with E-state index in [1.54, 1.807) is 0 Å². The first-order valence-electron chi connectivity index (χ1n) is 10.1. The lowest BCUT2D eigenvalue weighted by molar-refractivity contribution is -0.136. The molecule has 0 spiro atoms. The molecule has 4 amide bonds. The van der Waals surface area contributed by atoms with Crippen LogP contribution in [0.15, 0.2) is 12.1 Å². The topological polar surface area (TPSA) is 104 Å². The van der Waals surface area contributed by atoms with E-state index in [9.17, 15) is 28.4 Å². The van der Waals surface area contributed by atoms with Crippen LogP contribution in [0, 0.1) is 11.7 Å². The highest BCUT2D eigenvalue weighted by Gasteiger charge is 2.45. The molecule has 3 aliphatic heterocycles. The number of nitrogens with zero attached hydrogens (tertiary/aromatic N) is 2. The Morgan fingerprint density at radius 2 is 1.70 bits per heavy atom. The lowest BCUT2D eigenvalue weighted by Crippen LogP contribution is -2.54. The predicted octanol–water partition coefficient (Wildman–Crippen LogP) is 1.42. The van der Waals surface area contributed by atoms with E-state index in [-0.39, 0.29) is 29.7 Å². The zero-order valence-electron chi connectivity index (χ0n) is 16.4. The molecule has 9 heteroatoms. The highest BCUT2D eigenvalue weighted by molar-refractivity contribution is 6.23. The minimum Gasteiger partial charge on any atom is -0.369 e. The lowest BCUT2D eigenvalue weighted by Gasteiger charge is -2.33. The van der Waals surface area contributed by atoms with Crippen molar-refractivity contribution >= 4 is 35.6 Å². The van der Waals surface area contributed by atoms with Crippen LogP contribution in [0.5, 0.6) is 0 Å². The number of carbonyl (C=O) groups is 5. The number of aldehydes is 1. The van der Waals surface area contributed by atoms with Crippen molar-refractivity contribution in [2.75, 3.05) is 18.0 Å². The smallest absolute Gasteiger partial charge is 0.262 e. The van der Waals surface area contributed by atoms with Gasteiger partial charge in [-0.1, -0.05) is 0 Å². The standard InChI is InChI=1S/C21H22FN3O5/c22-15-10-13-14(11-17(15)24-7-5-12(6-8-24)2-1-9-26)21(30)25(20(13)29)16-3-4-18(27)23-19(16)28/h9-12,16H,1-8H2,(H,23,27,28). The van der Waals surface area contributed by atoms with Crippen molar-refractivity contribution in [3.8, 4) is 0 Å². The molecule has 0 bridgehead atoms. The van der Waals surface area contributed by atoms with E-state index in [1.807, 2.05) is 4.90 Å². The maximum absolute atomic E-state index is 14.8. The molecular weight excluding hydrogens is 393 g/mol.